The summed E-state index contributed by atoms with van der Waals surface area (Å²) >= 11 is 6.19. The van der Waals surface area contributed by atoms with E-state index in [4.69, 9.17) is 26.2 Å². The number of amides is 1. The number of hydrogen-bond acceptors (Lipinski definition) is 5. The molecular weight excluding hydrogens is 428 g/mol. The van der Waals surface area contributed by atoms with Crippen LogP contribution >= 0.6 is 11.6 Å². The molecule has 7 nitrogen and oxygen atoms in total. The molecule has 4 aromatic rings. The van der Waals surface area contributed by atoms with Crippen LogP contribution in [0.2, 0.25) is 5.02 Å². The number of nitrogens with one attached hydrogen (secondary N) is 1. The third-order valence-corrected chi connectivity index (χ3v) is 5.12. The maximum absolute atomic E-state index is 13.1. The minimum atomic E-state index is -0.270. The van der Waals surface area contributed by atoms with Crippen molar-refractivity contribution in [3.05, 3.63) is 89.3 Å². The highest BCUT2D eigenvalue weighted by atomic mass is 35.5. The summed E-state index contributed by atoms with van der Waals surface area (Å²) < 4.78 is 12.4. The molecule has 0 aliphatic heterocycles. The predicted octanol–water partition coefficient (Wildman–Crippen LogP) is 4.53. The van der Waals surface area contributed by atoms with Crippen LogP contribution in [-0.2, 0) is 6.54 Å². The van der Waals surface area contributed by atoms with Crippen LogP contribution in [0.25, 0.3) is 16.9 Å². The van der Waals surface area contributed by atoms with E-state index in [1.54, 1.807) is 55.6 Å². The van der Waals surface area contributed by atoms with E-state index in [2.05, 4.69) is 10.3 Å². The number of nitrogens with zero attached hydrogens (tertiary/aromatic N) is 3. The molecule has 2 aromatic heterocycles. The Bertz CT molecular complexity index is 1240. The first-order chi connectivity index (χ1) is 15.6. The van der Waals surface area contributed by atoms with Gasteiger partial charge in [-0.3, -0.25) is 9.78 Å². The van der Waals surface area contributed by atoms with Crippen LogP contribution < -0.4 is 14.8 Å². The van der Waals surface area contributed by atoms with Gasteiger partial charge in [0.2, 0.25) is 0 Å². The monoisotopic (exact) mass is 448 g/mol. The topological polar surface area (TPSA) is 78.3 Å². The summed E-state index contributed by atoms with van der Waals surface area (Å²) in [5, 5.41) is 8.18. The zero-order valence-corrected chi connectivity index (χ0v) is 18.3. The number of pyridine rings is 1. The first-order valence-corrected chi connectivity index (χ1v) is 10.2. The van der Waals surface area contributed by atoms with Crippen LogP contribution in [-0.4, -0.2) is 34.9 Å². The lowest BCUT2D eigenvalue weighted by molar-refractivity contribution is 0.0943. The second kappa shape index (κ2) is 9.53. The number of hydrogen-bond donors (Lipinski definition) is 1. The van der Waals surface area contributed by atoms with Gasteiger partial charge < -0.3 is 14.8 Å². The van der Waals surface area contributed by atoms with Gasteiger partial charge in [-0.25, -0.2) is 4.68 Å². The third kappa shape index (κ3) is 4.58. The highest BCUT2D eigenvalue weighted by molar-refractivity contribution is 6.30. The third-order valence-electron chi connectivity index (χ3n) is 4.88. The Morgan fingerprint density at radius 1 is 1.03 bits per heavy atom. The Hall–Kier alpha value is -3.84. The summed E-state index contributed by atoms with van der Waals surface area (Å²) in [6, 6.07) is 18.0. The van der Waals surface area contributed by atoms with E-state index in [1.165, 1.54) is 0 Å². The molecule has 162 valence electrons. The number of benzene rings is 2. The van der Waals surface area contributed by atoms with Gasteiger partial charge in [0.1, 0.15) is 17.2 Å². The van der Waals surface area contributed by atoms with Gasteiger partial charge >= 0.3 is 0 Å². The number of rotatable bonds is 7. The number of carbonyl (C=O) groups is 1. The number of carbonyl (C=O) groups excluding carboxylic acids is 1. The fraction of sp³-hybridized carbons (Fsp3) is 0.125. The van der Waals surface area contributed by atoms with Gasteiger partial charge in [-0.2, -0.15) is 5.10 Å². The van der Waals surface area contributed by atoms with E-state index < -0.39 is 0 Å². The van der Waals surface area contributed by atoms with Gasteiger partial charge in [0, 0.05) is 35.6 Å². The van der Waals surface area contributed by atoms with Crippen molar-refractivity contribution in [1.82, 2.24) is 20.1 Å². The molecular formula is C24H21ClN4O3. The smallest absolute Gasteiger partial charge is 0.270 e. The van der Waals surface area contributed by atoms with E-state index in [-0.39, 0.29) is 5.91 Å². The minimum Gasteiger partial charge on any atom is -0.497 e. The normalized spacial score (nSPS) is 10.6. The molecule has 0 saturated heterocycles. The number of aromatic nitrogens is 3. The quantitative estimate of drug-likeness (QED) is 0.449. The molecule has 4 rings (SSSR count). The van der Waals surface area contributed by atoms with Crippen molar-refractivity contribution in [3.8, 4) is 28.4 Å². The van der Waals surface area contributed by atoms with Crippen molar-refractivity contribution >= 4 is 17.5 Å². The lowest BCUT2D eigenvalue weighted by Gasteiger charge is -2.09. The maximum atomic E-state index is 13.1. The van der Waals surface area contributed by atoms with Gasteiger partial charge in [0.05, 0.1) is 25.6 Å². The highest BCUT2D eigenvalue weighted by Crippen LogP contribution is 2.33. The molecule has 32 heavy (non-hydrogen) atoms. The van der Waals surface area contributed by atoms with Crippen LogP contribution in [0.4, 0.5) is 0 Å². The van der Waals surface area contributed by atoms with Crippen molar-refractivity contribution in [2.45, 2.75) is 6.54 Å². The second-order valence-electron chi connectivity index (χ2n) is 6.91. The zero-order valence-electron chi connectivity index (χ0n) is 17.6. The van der Waals surface area contributed by atoms with Crippen LogP contribution in [0.1, 0.15) is 16.1 Å². The fourth-order valence-electron chi connectivity index (χ4n) is 3.26. The molecule has 2 heterocycles. The zero-order chi connectivity index (χ0) is 22.5. The van der Waals surface area contributed by atoms with Gasteiger partial charge in [-0.1, -0.05) is 17.7 Å². The summed E-state index contributed by atoms with van der Waals surface area (Å²) in [4.78, 5) is 17.1. The molecule has 0 aliphatic carbocycles. The van der Waals surface area contributed by atoms with Gasteiger partial charge in [0.25, 0.3) is 5.91 Å². The van der Waals surface area contributed by atoms with Crippen LogP contribution in [0.15, 0.2) is 73.1 Å². The second-order valence-corrected chi connectivity index (χ2v) is 7.35. The van der Waals surface area contributed by atoms with E-state index in [9.17, 15) is 4.79 Å². The summed E-state index contributed by atoms with van der Waals surface area (Å²) in [6.45, 7) is 0.364. The Morgan fingerprint density at radius 2 is 1.84 bits per heavy atom. The molecule has 0 spiro atoms. The largest absolute Gasteiger partial charge is 0.497 e. The van der Waals surface area contributed by atoms with Crippen molar-refractivity contribution in [2.24, 2.45) is 0 Å². The molecule has 1 N–H and O–H groups in total. The van der Waals surface area contributed by atoms with Crippen molar-refractivity contribution in [3.63, 3.8) is 0 Å². The molecule has 2 aromatic carbocycles. The molecule has 0 aliphatic rings. The minimum absolute atomic E-state index is 0.270. The molecule has 0 radical (unpaired) electrons. The Labute approximate surface area is 190 Å². The summed E-state index contributed by atoms with van der Waals surface area (Å²) in [5.74, 6) is 0.979. The molecule has 1 amide bonds. The number of halogens is 1. The van der Waals surface area contributed by atoms with Gasteiger partial charge in [-0.05, 0) is 54.1 Å². The number of methoxy groups -OCH3 is 2. The Morgan fingerprint density at radius 3 is 2.56 bits per heavy atom. The fourth-order valence-corrected chi connectivity index (χ4v) is 3.45. The highest BCUT2D eigenvalue weighted by Gasteiger charge is 2.20. The van der Waals surface area contributed by atoms with Gasteiger partial charge in [0.15, 0.2) is 0 Å². The molecule has 0 fully saturated rings. The van der Waals surface area contributed by atoms with Crippen LogP contribution in [0.3, 0.4) is 0 Å². The van der Waals surface area contributed by atoms with Crippen molar-refractivity contribution < 1.29 is 14.3 Å². The van der Waals surface area contributed by atoms with Gasteiger partial charge in [-0.15, -0.1) is 0 Å². The number of ether oxygens (including phenoxy) is 2. The molecule has 0 unspecified atom stereocenters. The summed E-state index contributed by atoms with van der Waals surface area (Å²) in [7, 11) is 3.17. The summed E-state index contributed by atoms with van der Waals surface area (Å²) in [5.41, 5.74) is 3.30. The van der Waals surface area contributed by atoms with E-state index >= 15 is 0 Å². The molecule has 0 atom stereocenters. The van der Waals surface area contributed by atoms with E-state index in [1.807, 2.05) is 36.4 Å². The summed E-state index contributed by atoms with van der Waals surface area (Å²) in [6.07, 6.45) is 3.37. The predicted molar refractivity (Wildman–Crippen MR) is 123 cm³/mol. The average molecular weight is 449 g/mol. The molecule has 0 bridgehead atoms. The SMILES string of the molecule is COc1ccc(-c2cc(C(=O)NCc3ccncc3)n(-c3cccc(Cl)c3)n2)c(OC)c1. The first-order valence-electron chi connectivity index (χ1n) is 9.84. The maximum Gasteiger partial charge on any atom is 0.270 e. The standard InChI is InChI=1S/C24H21ClN4O3/c1-31-19-6-7-20(23(13-19)32-2)21-14-22(24(30)27-15-16-8-10-26-11-9-16)29(28-21)18-5-3-4-17(25)12-18/h3-14H,15H2,1-2H3,(H,27,30). The van der Waals surface area contributed by atoms with E-state index in [0.717, 1.165) is 11.1 Å². The van der Waals surface area contributed by atoms with Crippen LogP contribution in [0, 0.1) is 0 Å². The lowest BCUT2D eigenvalue weighted by Crippen LogP contribution is -2.25. The average Bonchev–Trinajstić information content (AvgIpc) is 3.28. The first kappa shape index (κ1) is 21.4. The Kier molecular flexibility index (Phi) is 6.37. The van der Waals surface area contributed by atoms with E-state index in [0.29, 0.717) is 40.1 Å². The van der Waals surface area contributed by atoms with Crippen molar-refractivity contribution in [2.75, 3.05) is 14.2 Å². The molecule has 8 heteroatoms. The Balaban J connectivity index is 1.75. The van der Waals surface area contributed by atoms with Crippen molar-refractivity contribution in [1.29, 1.82) is 0 Å². The van der Waals surface area contributed by atoms with Crippen LogP contribution in [0.5, 0.6) is 11.5 Å². The molecule has 0 saturated carbocycles. The lowest BCUT2D eigenvalue weighted by atomic mass is 10.1.